The van der Waals surface area contributed by atoms with Crippen molar-refractivity contribution >= 4 is 17.9 Å². The topological polar surface area (TPSA) is 69.7 Å². The molecule has 1 saturated carbocycles. The van der Waals surface area contributed by atoms with E-state index in [1.807, 2.05) is 0 Å². The zero-order valence-electron chi connectivity index (χ0n) is 24.1. The zero-order chi connectivity index (χ0) is 27.7. The van der Waals surface area contributed by atoms with Crippen molar-refractivity contribution in [2.24, 2.45) is 0 Å². The van der Waals surface area contributed by atoms with E-state index in [1.165, 1.54) is 84.0 Å². The summed E-state index contributed by atoms with van der Waals surface area (Å²) in [6, 6.07) is 0. The molecule has 0 aromatic rings. The Kier molecular flexibility index (Phi) is 22.8. The number of hydrogen-bond donors (Lipinski definition) is 0. The second-order valence-corrected chi connectivity index (χ2v) is 10.3. The number of carbonyl (C=O) groups excluding carboxylic acids is 3. The van der Waals surface area contributed by atoms with Crippen molar-refractivity contribution in [3.05, 3.63) is 36.5 Å². The van der Waals surface area contributed by atoms with E-state index in [4.69, 9.17) is 4.74 Å². The summed E-state index contributed by atoms with van der Waals surface area (Å²) < 4.78 is 9.86. The lowest BCUT2D eigenvalue weighted by Crippen LogP contribution is -2.20. The average molecular weight is 519 g/mol. The first kappa shape index (κ1) is 34.8. The first-order valence-electron chi connectivity index (χ1n) is 14.7. The van der Waals surface area contributed by atoms with Crippen LogP contribution in [0, 0.1) is 0 Å². The highest BCUT2D eigenvalue weighted by atomic mass is 16.6. The fourth-order valence-electron chi connectivity index (χ4n) is 4.02. The molecule has 0 spiro atoms. The number of unbranched alkanes of at least 4 members (excludes halogenated alkanes) is 11. The third-order valence-electron chi connectivity index (χ3n) is 6.37. The molecule has 1 rings (SSSR count). The molecule has 0 amide bonds. The van der Waals surface area contributed by atoms with Gasteiger partial charge in [0.05, 0.1) is 0 Å². The highest BCUT2D eigenvalue weighted by molar-refractivity contribution is 5.95. The standard InChI is InChI=1S/C22H38O3.C10H16O2/c1-4-5-6-7-8-9-10-11-12-13-14-15-16-17-18-19-21(23)25-22(24)20(2)3;1-8(2)10(11)12-9-6-4-3-5-7-9/h11-12H,2,4-10,13-19H2,1,3H3;9H,1,3-7H2,2H3. The molecule has 1 fully saturated rings. The molecule has 5 heteroatoms. The molecule has 37 heavy (non-hydrogen) atoms. The molecule has 0 radical (unpaired) electrons. The highest BCUT2D eigenvalue weighted by Crippen LogP contribution is 2.20. The lowest BCUT2D eigenvalue weighted by Gasteiger charge is -2.21. The number of esters is 3. The van der Waals surface area contributed by atoms with E-state index >= 15 is 0 Å². The Labute approximate surface area is 227 Å². The molecule has 1 aliphatic carbocycles. The number of hydrogen-bond acceptors (Lipinski definition) is 5. The normalized spacial score (nSPS) is 13.5. The van der Waals surface area contributed by atoms with E-state index in [0.29, 0.717) is 12.0 Å². The predicted octanol–water partition coefficient (Wildman–Crippen LogP) is 9.11. The van der Waals surface area contributed by atoms with Crippen LogP contribution in [0.3, 0.4) is 0 Å². The summed E-state index contributed by atoms with van der Waals surface area (Å²) in [5, 5.41) is 0. The molecule has 0 heterocycles. The van der Waals surface area contributed by atoms with Crippen LogP contribution in [0.15, 0.2) is 36.5 Å². The number of carbonyl (C=O) groups is 3. The summed E-state index contributed by atoms with van der Waals surface area (Å²) in [6.45, 7) is 12.5. The summed E-state index contributed by atoms with van der Waals surface area (Å²) in [7, 11) is 0. The van der Waals surface area contributed by atoms with Gasteiger partial charge in [0.15, 0.2) is 0 Å². The van der Waals surface area contributed by atoms with Gasteiger partial charge in [0.1, 0.15) is 6.10 Å². The van der Waals surface area contributed by atoms with E-state index in [-0.39, 0.29) is 17.6 Å². The Morgan fingerprint density at radius 2 is 1.19 bits per heavy atom. The summed E-state index contributed by atoms with van der Waals surface area (Å²) >= 11 is 0. The van der Waals surface area contributed by atoms with Crippen LogP contribution in [-0.2, 0) is 23.9 Å². The molecule has 0 N–H and O–H groups in total. The molecule has 5 nitrogen and oxygen atoms in total. The molecule has 0 aromatic heterocycles. The third kappa shape index (κ3) is 22.7. The maximum absolute atomic E-state index is 11.4. The van der Waals surface area contributed by atoms with Crippen molar-refractivity contribution in [1.29, 1.82) is 0 Å². The van der Waals surface area contributed by atoms with Gasteiger partial charge >= 0.3 is 17.9 Å². The van der Waals surface area contributed by atoms with Gasteiger partial charge in [-0.25, -0.2) is 9.59 Å². The average Bonchev–Trinajstić information content (AvgIpc) is 2.87. The van der Waals surface area contributed by atoms with Gasteiger partial charge in [0.25, 0.3) is 0 Å². The minimum Gasteiger partial charge on any atom is -0.459 e. The first-order valence-corrected chi connectivity index (χ1v) is 14.7. The van der Waals surface area contributed by atoms with Crippen molar-refractivity contribution in [3.63, 3.8) is 0 Å². The molecule has 0 atom stereocenters. The van der Waals surface area contributed by atoms with Crippen molar-refractivity contribution in [2.75, 3.05) is 0 Å². The van der Waals surface area contributed by atoms with E-state index in [1.54, 1.807) is 6.92 Å². The van der Waals surface area contributed by atoms with Gasteiger partial charge in [0, 0.05) is 17.6 Å². The monoisotopic (exact) mass is 518 g/mol. The molecule has 0 unspecified atom stereocenters. The molecular formula is C32H54O5. The molecular weight excluding hydrogens is 464 g/mol. The zero-order valence-corrected chi connectivity index (χ0v) is 24.1. The van der Waals surface area contributed by atoms with Crippen LogP contribution in [0.2, 0.25) is 0 Å². The van der Waals surface area contributed by atoms with Crippen LogP contribution >= 0.6 is 0 Å². The maximum Gasteiger partial charge on any atom is 0.340 e. The SMILES string of the molecule is C=C(C)C(=O)OC(=O)CCCCCCCC=CCCCCCCCC.C=C(C)C(=O)OC1CCCCC1. The van der Waals surface area contributed by atoms with Gasteiger partial charge in [0.2, 0.25) is 0 Å². The summed E-state index contributed by atoms with van der Waals surface area (Å²) in [6.07, 6.45) is 26.7. The van der Waals surface area contributed by atoms with Crippen LogP contribution in [-0.4, -0.2) is 24.0 Å². The quantitative estimate of drug-likeness (QED) is 0.0595. The lowest BCUT2D eigenvalue weighted by molar-refractivity contribution is -0.157. The Hall–Kier alpha value is -2.17. The first-order chi connectivity index (χ1) is 17.8. The van der Waals surface area contributed by atoms with Crippen molar-refractivity contribution in [3.8, 4) is 0 Å². The third-order valence-corrected chi connectivity index (χ3v) is 6.37. The van der Waals surface area contributed by atoms with Crippen LogP contribution in [0.5, 0.6) is 0 Å². The summed E-state index contributed by atoms with van der Waals surface area (Å²) in [5.41, 5.74) is 0.762. The predicted molar refractivity (Wildman–Crippen MR) is 153 cm³/mol. The van der Waals surface area contributed by atoms with Gasteiger partial charge in [-0.3, -0.25) is 4.79 Å². The van der Waals surface area contributed by atoms with Crippen LogP contribution in [0.4, 0.5) is 0 Å². The number of ether oxygens (including phenoxy) is 2. The smallest absolute Gasteiger partial charge is 0.340 e. The van der Waals surface area contributed by atoms with Crippen molar-refractivity contribution in [1.82, 2.24) is 0 Å². The Balaban J connectivity index is 0.000000893. The maximum atomic E-state index is 11.4. The van der Waals surface area contributed by atoms with E-state index in [0.717, 1.165) is 38.5 Å². The molecule has 0 bridgehead atoms. The second kappa shape index (κ2) is 24.2. The summed E-state index contributed by atoms with van der Waals surface area (Å²) in [4.78, 5) is 33.7. The van der Waals surface area contributed by atoms with E-state index in [2.05, 4.69) is 37.0 Å². The second-order valence-electron chi connectivity index (χ2n) is 10.3. The Morgan fingerprint density at radius 3 is 1.70 bits per heavy atom. The Morgan fingerprint density at radius 1 is 0.703 bits per heavy atom. The fourth-order valence-corrected chi connectivity index (χ4v) is 4.02. The van der Waals surface area contributed by atoms with Crippen molar-refractivity contribution < 1.29 is 23.9 Å². The van der Waals surface area contributed by atoms with Crippen LogP contribution < -0.4 is 0 Å². The number of allylic oxidation sites excluding steroid dienone is 2. The van der Waals surface area contributed by atoms with Gasteiger partial charge < -0.3 is 9.47 Å². The summed E-state index contributed by atoms with van der Waals surface area (Å²) in [5.74, 6) is -1.29. The molecule has 0 aliphatic heterocycles. The molecule has 0 saturated heterocycles. The molecule has 1 aliphatic rings. The fraction of sp³-hybridized carbons (Fsp3) is 0.719. The van der Waals surface area contributed by atoms with Gasteiger partial charge in [-0.05, 0) is 71.6 Å². The van der Waals surface area contributed by atoms with Gasteiger partial charge in [-0.1, -0.05) is 90.0 Å². The highest BCUT2D eigenvalue weighted by Gasteiger charge is 2.17. The van der Waals surface area contributed by atoms with Gasteiger partial charge in [-0.15, -0.1) is 0 Å². The lowest BCUT2D eigenvalue weighted by atomic mass is 9.98. The van der Waals surface area contributed by atoms with Crippen molar-refractivity contribution in [2.45, 2.75) is 149 Å². The molecule has 212 valence electrons. The molecule has 0 aromatic carbocycles. The minimum atomic E-state index is -0.613. The minimum absolute atomic E-state index is 0.156. The van der Waals surface area contributed by atoms with E-state index in [9.17, 15) is 14.4 Å². The van der Waals surface area contributed by atoms with E-state index < -0.39 is 11.9 Å². The Bertz CT molecular complexity index is 685. The van der Waals surface area contributed by atoms with Crippen LogP contribution in [0.25, 0.3) is 0 Å². The van der Waals surface area contributed by atoms with Gasteiger partial charge in [-0.2, -0.15) is 0 Å². The van der Waals surface area contributed by atoms with Crippen LogP contribution in [0.1, 0.15) is 143 Å². The number of rotatable bonds is 18. The largest absolute Gasteiger partial charge is 0.459 e.